The average molecular weight is 443 g/mol. The van der Waals surface area contributed by atoms with Gasteiger partial charge in [-0.2, -0.15) is 0 Å². The zero-order chi connectivity index (χ0) is 16.0. The SMILES string of the molecule is COC(=O)CS(=O)(=O)N(CC(Br)CBr)c1ccc(C)cc1. The Kier molecular flexibility index (Phi) is 7.15. The number of sulfonamides is 1. The molecule has 1 rings (SSSR count). The Balaban J connectivity index is 3.12. The van der Waals surface area contributed by atoms with Gasteiger partial charge in [0, 0.05) is 16.7 Å². The van der Waals surface area contributed by atoms with Gasteiger partial charge in [-0.15, -0.1) is 0 Å². The molecule has 118 valence electrons. The van der Waals surface area contributed by atoms with Gasteiger partial charge in [-0.25, -0.2) is 8.42 Å². The zero-order valence-electron chi connectivity index (χ0n) is 11.8. The summed E-state index contributed by atoms with van der Waals surface area (Å²) in [5, 5.41) is 0.586. The van der Waals surface area contributed by atoms with Crippen LogP contribution in [0.5, 0.6) is 0 Å². The van der Waals surface area contributed by atoms with E-state index < -0.39 is 21.7 Å². The minimum absolute atomic E-state index is 0.0776. The number of benzene rings is 1. The van der Waals surface area contributed by atoms with E-state index in [4.69, 9.17) is 0 Å². The maximum atomic E-state index is 12.4. The van der Waals surface area contributed by atoms with Crippen LogP contribution in [0.4, 0.5) is 5.69 Å². The largest absolute Gasteiger partial charge is 0.468 e. The molecule has 0 aliphatic rings. The first-order valence-corrected chi connectivity index (χ1v) is 9.78. The number of carbonyl (C=O) groups excluding carboxylic acids is 1. The molecule has 0 radical (unpaired) electrons. The van der Waals surface area contributed by atoms with Crippen LogP contribution in [-0.2, 0) is 19.6 Å². The molecule has 8 heteroatoms. The van der Waals surface area contributed by atoms with Gasteiger partial charge in [0.25, 0.3) is 0 Å². The Labute approximate surface area is 142 Å². The molecule has 0 spiro atoms. The molecule has 0 aliphatic carbocycles. The van der Waals surface area contributed by atoms with Gasteiger partial charge in [-0.3, -0.25) is 9.10 Å². The predicted molar refractivity (Wildman–Crippen MR) is 90.8 cm³/mol. The minimum Gasteiger partial charge on any atom is -0.468 e. The van der Waals surface area contributed by atoms with E-state index in [9.17, 15) is 13.2 Å². The highest BCUT2D eigenvalue weighted by molar-refractivity contribution is 9.12. The van der Waals surface area contributed by atoms with Crippen LogP contribution >= 0.6 is 31.9 Å². The Morgan fingerprint density at radius 1 is 1.33 bits per heavy atom. The standard InChI is InChI=1S/C13H17Br2NO4S/c1-10-3-5-12(6-4-10)16(8-11(15)7-14)21(18,19)9-13(17)20-2/h3-6,11H,7-9H2,1-2H3. The van der Waals surface area contributed by atoms with E-state index in [1.165, 1.54) is 11.4 Å². The first-order valence-electron chi connectivity index (χ1n) is 6.14. The Morgan fingerprint density at radius 2 is 1.90 bits per heavy atom. The van der Waals surface area contributed by atoms with E-state index >= 15 is 0 Å². The second-order valence-corrected chi connectivity index (χ2v) is 8.29. The van der Waals surface area contributed by atoms with E-state index in [-0.39, 0.29) is 11.4 Å². The molecule has 21 heavy (non-hydrogen) atoms. The third-order valence-corrected chi connectivity index (χ3v) is 6.61. The maximum Gasteiger partial charge on any atom is 0.322 e. The summed E-state index contributed by atoms with van der Waals surface area (Å²) in [5.41, 5.74) is 1.55. The van der Waals surface area contributed by atoms with E-state index in [1.807, 2.05) is 19.1 Å². The number of halogens is 2. The summed E-state index contributed by atoms with van der Waals surface area (Å²) in [7, 11) is -2.63. The van der Waals surface area contributed by atoms with Crippen molar-refractivity contribution in [1.29, 1.82) is 0 Å². The fourth-order valence-electron chi connectivity index (χ4n) is 1.61. The molecule has 0 amide bonds. The maximum absolute atomic E-state index is 12.4. The lowest BCUT2D eigenvalue weighted by Gasteiger charge is -2.25. The van der Waals surface area contributed by atoms with Crippen molar-refractivity contribution in [3.05, 3.63) is 29.8 Å². The van der Waals surface area contributed by atoms with E-state index in [0.29, 0.717) is 11.0 Å². The lowest BCUT2D eigenvalue weighted by molar-refractivity contribution is -0.137. The van der Waals surface area contributed by atoms with Gasteiger partial charge in [-0.05, 0) is 19.1 Å². The third kappa shape index (κ3) is 5.60. The van der Waals surface area contributed by atoms with Crippen molar-refractivity contribution in [2.75, 3.05) is 29.0 Å². The zero-order valence-corrected chi connectivity index (χ0v) is 15.7. The Morgan fingerprint density at radius 3 is 2.38 bits per heavy atom. The number of alkyl halides is 2. The van der Waals surface area contributed by atoms with Gasteiger partial charge < -0.3 is 4.74 Å². The number of methoxy groups -OCH3 is 1. The van der Waals surface area contributed by atoms with Crippen LogP contribution in [0, 0.1) is 6.92 Å². The van der Waals surface area contributed by atoms with Gasteiger partial charge in [0.05, 0.1) is 12.8 Å². The highest BCUT2D eigenvalue weighted by Gasteiger charge is 2.27. The van der Waals surface area contributed by atoms with Crippen molar-refractivity contribution >= 4 is 53.5 Å². The van der Waals surface area contributed by atoms with Gasteiger partial charge in [-0.1, -0.05) is 49.6 Å². The molecular formula is C13H17Br2NO4S. The van der Waals surface area contributed by atoms with E-state index in [0.717, 1.165) is 5.56 Å². The minimum atomic E-state index is -3.80. The number of rotatable bonds is 7. The summed E-state index contributed by atoms with van der Waals surface area (Å²) in [6.45, 7) is 2.14. The van der Waals surface area contributed by atoms with Crippen LogP contribution in [0.25, 0.3) is 0 Å². The Hall–Kier alpha value is -0.600. The first kappa shape index (κ1) is 18.4. The summed E-state index contributed by atoms with van der Waals surface area (Å²) in [5.74, 6) is -1.46. The first-order chi connectivity index (χ1) is 9.80. The van der Waals surface area contributed by atoms with Crippen molar-refractivity contribution in [2.45, 2.75) is 11.8 Å². The molecule has 1 aromatic rings. The number of hydrogen-bond acceptors (Lipinski definition) is 4. The number of ether oxygens (including phenoxy) is 1. The number of esters is 1. The smallest absolute Gasteiger partial charge is 0.322 e. The molecule has 0 aliphatic heterocycles. The molecule has 5 nitrogen and oxygen atoms in total. The summed E-state index contributed by atoms with van der Waals surface area (Å²) < 4.78 is 30.5. The molecular weight excluding hydrogens is 426 g/mol. The molecule has 0 N–H and O–H groups in total. The molecule has 1 unspecified atom stereocenters. The van der Waals surface area contributed by atoms with Crippen LogP contribution in [0.2, 0.25) is 0 Å². The molecule has 1 aromatic carbocycles. The molecule has 0 heterocycles. The van der Waals surface area contributed by atoms with Crippen molar-refractivity contribution in [3.63, 3.8) is 0 Å². The summed E-state index contributed by atoms with van der Waals surface area (Å²) in [6, 6.07) is 7.09. The summed E-state index contributed by atoms with van der Waals surface area (Å²) >= 11 is 6.69. The molecule has 0 bridgehead atoms. The monoisotopic (exact) mass is 441 g/mol. The van der Waals surface area contributed by atoms with Gasteiger partial charge >= 0.3 is 5.97 Å². The van der Waals surface area contributed by atoms with Crippen molar-refractivity contribution in [3.8, 4) is 0 Å². The number of anilines is 1. The molecule has 0 saturated carbocycles. The molecule has 0 aromatic heterocycles. The lowest BCUT2D eigenvalue weighted by atomic mass is 10.2. The van der Waals surface area contributed by atoms with Crippen LogP contribution in [0.15, 0.2) is 24.3 Å². The average Bonchev–Trinajstić information content (AvgIpc) is 2.44. The third-order valence-electron chi connectivity index (χ3n) is 2.72. The normalized spacial score (nSPS) is 12.8. The van der Waals surface area contributed by atoms with Crippen molar-refractivity contribution < 1.29 is 17.9 Å². The number of nitrogens with zero attached hydrogens (tertiary/aromatic N) is 1. The number of hydrogen-bond donors (Lipinski definition) is 0. The number of aryl methyl sites for hydroxylation is 1. The van der Waals surface area contributed by atoms with Crippen LogP contribution < -0.4 is 4.31 Å². The second kappa shape index (κ2) is 8.14. The summed E-state index contributed by atoms with van der Waals surface area (Å²) in [6.07, 6.45) is 0. The molecule has 0 saturated heterocycles. The fraction of sp³-hybridized carbons (Fsp3) is 0.462. The molecule has 0 fully saturated rings. The van der Waals surface area contributed by atoms with Crippen molar-refractivity contribution in [2.24, 2.45) is 0 Å². The second-order valence-electron chi connectivity index (χ2n) is 4.45. The van der Waals surface area contributed by atoms with Gasteiger partial charge in [0.1, 0.15) is 0 Å². The van der Waals surface area contributed by atoms with Gasteiger partial charge in [0.2, 0.25) is 10.0 Å². The van der Waals surface area contributed by atoms with Gasteiger partial charge in [0.15, 0.2) is 5.75 Å². The summed E-state index contributed by atoms with van der Waals surface area (Å²) in [4.78, 5) is 11.2. The fourth-order valence-corrected chi connectivity index (χ4v) is 3.71. The van der Waals surface area contributed by atoms with Crippen LogP contribution in [-0.4, -0.2) is 44.0 Å². The lowest BCUT2D eigenvalue weighted by Crippen LogP contribution is -2.39. The van der Waals surface area contributed by atoms with Crippen LogP contribution in [0.1, 0.15) is 5.56 Å². The molecule has 1 atom stereocenters. The predicted octanol–water partition coefficient (Wildman–Crippen LogP) is 2.46. The van der Waals surface area contributed by atoms with E-state index in [2.05, 4.69) is 36.6 Å². The van der Waals surface area contributed by atoms with Crippen LogP contribution in [0.3, 0.4) is 0 Å². The topological polar surface area (TPSA) is 63.7 Å². The quantitative estimate of drug-likeness (QED) is 0.480. The number of carbonyl (C=O) groups is 1. The highest BCUT2D eigenvalue weighted by atomic mass is 79.9. The van der Waals surface area contributed by atoms with E-state index in [1.54, 1.807) is 12.1 Å². The Bertz CT molecular complexity index is 574. The van der Waals surface area contributed by atoms with Crippen molar-refractivity contribution in [1.82, 2.24) is 0 Å². The highest BCUT2D eigenvalue weighted by Crippen LogP contribution is 2.21.